The van der Waals surface area contributed by atoms with Crippen LogP contribution in [0.3, 0.4) is 0 Å². The van der Waals surface area contributed by atoms with Gasteiger partial charge >= 0.3 is 5.97 Å². The third-order valence-electron chi connectivity index (χ3n) is 3.90. The number of carbonyl (C=O) groups excluding carboxylic acids is 2. The molecule has 2 rings (SSSR count). The molecule has 1 unspecified atom stereocenters. The van der Waals surface area contributed by atoms with E-state index in [1.54, 1.807) is 26.0 Å². The van der Waals surface area contributed by atoms with Gasteiger partial charge in [0.1, 0.15) is 5.54 Å². The van der Waals surface area contributed by atoms with Crippen molar-refractivity contribution in [2.75, 3.05) is 6.61 Å². The summed E-state index contributed by atoms with van der Waals surface area (Å²) in [7, 11) is 0. The normalized spacial score (nSPS) is 13.4. The number of hydrogen-bond donors (Lipinski definition) is 1. The van der Waals surface area contributed by atoms with Gasteiger partial charge in [-0.05, 0) is 37.8 Å². The fourth-order valence-electron chi connectivity index (χ4n) is 2.29. The molecule has 0 aliphatic heterocycles. The standard InChI is InChI=1S/C18H20ClNO3/c1-4-18(3,17(22)23-5-2)20-16(21)13-10-12-8-6-7-9-14(12)15(19)11-13/h6-11H,4-5H2,1-3H3,(H,20,21). The van der Waals surface area contributed by atoms with Crippen LogP contribution in [-0.2, 0) is 9.53 Å². The van der Waals surface area contributed by atoms with E-state index in [1.165, 1.54) is 0 Å². The Kier molecular flexibility index (Phi) is 5.26. The molecule has 1 N–H and O–H groups in total. The SMILES string of the molecule is CCOC(=O)C(C)(CC)NC(=O)c1cc(Cl)c2ccccc2c1. The molecule has 0 bridgehead atoms. The molecule has 4 nitrogen and oxygen atoms in total. The number of nitrogens with one attached hydrogen (secondary N) is 1. The van der Waals surface area contributed by atoms with E-state index in [0.29, 0.717) is 17.0 Å². The summed E-state index contributed by atoms with van der Waals surface area (Å²) in [6.45, 7) is 5.49. The number of carbonyl (C=O) groups is 2. The summed E-state index contributed by atoms with van der Waals surface area (Å²) >= 11 is 6.25. The number of benzene rings is 2. The zero-order valence-electron chi connectivity index (χ0n) is 13.5. The van der Waals surface area contributed by atoms with Crippen LogP contribution in [0.15, 0.2) is 36.4 Å². The molecule has 0 aliphatic rings. The van der Waals surface area contributed by atoms with Crippen molar-refractivity contribution in [2.45, 2.75) is 32.7 Å². The van der Waals surface area contributed by atoms with E-state index in [2.05, 4.69) is 5.32 Å². The predicted molar refractivity (Wildman–Crippen MR) is 91.8 cm³/mol. The molecule has 0 saturated carbocycles. The van der Waals surface area contributed by atoms with E-state index in [9.17, 15) is 9.59 Å². The second-order valence-corrected chi connectivity index (χ2v) is 5.95. The van der Waals surface area contributed by atoms with Gasteiger partial charge in [0.25, 0.3) is 5.91 Å². The lowest BCUT2D eigenvalue weighted by atomic mass is 9.98. The quantitative estimate of drug-likeness (QED) is 0.843. The highest BCUT2D eigenvalue weighted by Gasteiger charge is 2.34. The minimum atomic E-state index is -1.06. The van der Waals surface area contributed by atoms with Crippen LogP contribution in [0.2, 0.25) is 5.02 Å². The van der Waals surface area contributed by atoms with Gasteiger partial charge in [0.2, 0.25) is 0 Å². The van der Waals surface area contributed by atoms with Crippen molar-refractivity contribution in [3.8, 4) is 0 Å². The highest BCUT2D eigenvalue weighted by atomic mass is 35.5. The first-order valence-corrected chi connectivity index (χ1v) is 7.97. The maximum absolute atomic E-state index is 12.5. The van der Waals surface area contributed by atoms with Crippen molar-refractivity contribution in [3.63, 3.8) is 0 Å². The number of rotatable bonds is 5. The molecule has 1 atom stereocenters. The third kappa shape index (κ3) is 3.64. The van der Waals surface area contributed by atoms with Gasteiger partial charge in [-0.3, -0.25) is 4.79 Å². The van der Waals surface area contributed by atoms with Crippen molar-refractivity contribution >= 4 is 34.2 Å². The molecule has 2 aromatic rings. The van der Waals surface area contributed by atoms with Gasteiger partial charge in [-0.2, -0.15) is 0 Å². The van der Waals surface area contributed by atoms with Crippen LogP contribution in [0.5, 0.6) is 0 Å². The maximum atomic E-state index is 12.5. The van der Waals surface area contributed by atoms with Gasteiger partial charge in [-0.15, -0.1) is 0 Å². The Morgan fingerprint density at radius 1 is 1.22 bits per heavy atom. The number of halogens is 1. The van der Waals surface area contributed by atoms with E-state index in [1.807, 2.05) is 31.2 Å². The van der Waals surface area contributed by atoms with Crippen LogP contribution in [0.1, 0.15) is 37.6 Å². The van der Waals surface area contributed by atoms with Gasteiger partial charge in [0, 0.05) is 16.0 Å². The predicted octanol–water partition coefficient (Wildman–Crippen LogP) is 3.95. The molecule has 122 valence electrons. The lowest BCUT2D eigenvalue weighted by Gasteiger charge is -2.27. The van der Waals surface area contributed by atoms with Crippen LogP contribution < -0.4 is 5.32 Å². The molecule has 5 heteroatoms. The van der Waals surface area contributed by atoms with E-state index in [-0.39, 0.29) is 12.5 Å². The Balaban J connectivity index is 2.31. The van der Waals surface area contributed by atoms with Crippen molar-refractivity contribution < 1.29 is 14.3 Å². The van der Waals surface area contributed by atoms with Crippen molar-refractivity contribution in [2.24, 2.45) is 0 Å². The Labute approximate surface area is 140 Å². The summed E-state index contributed by atoms with van der Waals surface area (Å²) in [5.74, 6) is -0.794. The lowest BCUT2D eigenvalue weighted by Crippen LogP contribution is -2.52. The average molecular weight is 334 g/mol. The molecule has 0 saturated heterocycles. The molecule has 0 fully saturated rings. The van der Waals surface area contributed by atoms with Gasteiger partial charge in [0.15, 0.2) is 0 Å². The third-order valence-corrected chi connectivity index (χ3v) is 4.21. The van der Waals surface area contributed by atoms with E-state index in [0.717, 1.165) is 10.8 Å². The largest absolute Gasteiger partial charge is 0.464 e. The Hall–Kier alpha value is -2.07. The van der Waals surface area contributed by atoms with Crippen molar-refractivity contribution in [1.29, 1.82) is 0 Å². The summed E-state index contributed by atoms with van der Waals surface area (Å²) in [6, 6.07) is 10.9. The van der Waals surface area contributed by atoms with Crippen LogP contribution in [0.4, 0.5) is 0 Å². The highest BCUT2D eigenvalue weighted by molar-refractivity contribution is 6.36. The van der Waals surface area contributed by atoms with Crippen LogP contribution in [0, 0.1) is 0 Å². The van der Waals surface area contributed by atoms with Gasteiger partial charge in [-0.1, -0.05) is 42.8 Å². The van der Waals surface area contributed by atoms with Gasteiger partial charge < -0.3 is 10.1 Å². The zero-order chi connectivity index (χ0) is 17.0. The molecule has 0 aromatic heterocycles. The monoisotopic (exact) mass is 333 g/mol. The first-order valence-electron chi connectivity index (χ1n) is 7.59. The van der Waals surface area contributed by atoms with Crippen LogP contribution >= 0.6 is 11.6 Å². The molecule has 2 aromatic carbocycles. The number of amides is 1. The molecule has 0 aliphatic carbocycles. The van der Waals surface area contributed by atoms with Crippen molar-refractivity contribution in [1.82, 2.24) is 5.32 Å². The smallest absolute Gasteiger partial charge is 0.331 e. The van der Waals surface area contributed by atoms with E-state index in [4.69, 9.17) is 16.3 Å². The Bertz CT molecular complexity index is 744. The van der Waals surface area contributed by atoms with E-state index >= 15 is 0 Å². The number of fused-ring (bicyclic) bond motifs is 1. The summed E-state index contributed by atoms with van der Waals surface area (Å²) in [6.07, 6.45) is 0.429. The van der Waals surface area contributed by atoms with Gasteiger partial charge in [0.05, 0.1) is 6.61 Å². The second-order valence-electron chi connectivity index (χ2n) is 5.54. The molecule has 23 heavy (non-hydrogen) atoms. The highest BCUT2D eigenvalue weighted by Crippen LogP contribution is 2.25. The number of ether oxygens (including phenoxy) is 1. The zero-order valence-corrected chi connectivity index (χ0v) is 14.2. The topological polar surface area (TPSA) is 55.4 Å². The summed E-state index contributed by atoms with van der Waals surface area (Å²) in [4.78, 5) is 24.6. The fraction of sp³-hybridized carbons (Fsp3) is 0.333. The van der Waals surface area contributed by atoms with E-state index < -0.39 is 11.5 Å². The second kappa shape index (κ2) is 7.01. The minimum Gasteiger partial charge on any atom is -0.464 e. The lowest BCUT2D eigenvalue weighted by molar-refractivity contribution is -0.150. The number of esters is 1. The summed E-state index contributed by atoms with van der Waals surface area (Å²) in [5, 5.41) is 5.02. The first kappa shape index (κ1) is 17.3. The molecule has 0 heterocycles. The summed E-state index contributed by atoms with van der Waals surface area (Å²) in [5.41, 5.74) is -0.650. The first-order chi connectivity index (χ1) is 10.9. The average Bonchev–Trinajstić information content (AvgIpc) is 2.54. The molecule has 1 amide bonds. The number of hydrogen-bond acceptors (Lipinski definition) is 3. The summed E-state index contributed by atoms with van der Waals surface area (Å²) < 4.78 is 5.05. The molecule has 0 spiro atoms. The van der Waals surface area contributed by atoms with Crippen LogP contribution in [0.25, 0.3) is 10.8 Å². The Morgan fingerprint density at radius 2 is 1.91 bits per heavy atom. The van der Waals surface area contributed by atoms with Gasteiger partial charge in [-0.25, -0.2) is 4.79 Å². The van der Waals surface area contributed by atoms with Crippen molar-refractivity contribution in [3.05, 3.63) is 47.0 Å². The molecule has 0 radical (unpaired) electrons. The Morgan fingerprint density at radius 3 is 2.57 bits per heavy atom. The van der Waals surface area contributed by atoms with Crippen LogP contribution in [-0.4, -0.2) is 24.0 Å². The maximum Gasteiger partial charge on any atom is 0.331 e. The molecular formula is C18H20ClNO3. The fourth-order valence-corrected chi connectivity index (χ4v) is 2.58. The molecular weight excluding hydrogens is 314 g/mol. The minimum absolute atomic E-state index is 0.270.